The molecule has 235 valence electrons. The molecule has 1 radical (unpaired) electrons. The average molecular weight is 685 g/mol. The van der Waals surface area contributed by atoms with E-state index in [4.69, 9.17) is 23.4 Å². The third-order valence-electron chi connectivity index (χ3n) is 5.99. The number of nitrogens with zero attached hydrogens (tertiary/aromatic N) is 4. The molecule has 7 rings (SSSR count). The summed E-state index contributed by atoms with van der Waals surface area (Å²) in [5.41, 5.74) is 4.04. The van der Waals surface area contributed by atoms with Crippen LogP contribution in [0.25, 0.3) is 43.6 Å². The zero-order valence-electron chi connectivity index (χ0n) is 24.0. The third kappa shape index (κ3) is 10.7. The Kier molecular flexibility index (Phi) is 14.3. The van der Waals surface area contributed by atoms with Gasteiger partial charge in [-0.25, -0.2) is 18.6 Å². The molecule has 0 fully saturated rings. The number of hydrogen-bond donors (Lipinski definition) is 0. The molecule has 3 aromatic carbocycles. The first-order valence-electron chi connectivity index (χ1n) is 12.8. The van der Waals surface area contributed by atoms with Gasteiger partial charge in [-0.05, 0) is 36.4 Å². The molecule has 0 unspecified atom stereocenters. The van der Waals surface area contributed by atoms with Crippen molar-refractivity contribution < 1.29 is 66.1 Å². The van der Waals surface area contributed by atoms with Crippen molar-refractivity contribution in [1.29, 1.82) is 0 Å². The number of carboxylic acid groups (broad SMARTS) is 1. The van der Waals surface area contributed by atoms with E-state index in [1.54, 1.807) is 36.9 Å². The summed E-state index contributed by atoms with van der Waals surface area (Å²) in [5, 5.41) is 14.9. The van der Waals surface area contributed by atoms with Crippen LogP contribution < -0.4 is 28.5 Å². The maximum Gasteiger partial charge on any atom is 2.00 e. The zero-order chi connectivity index (χ0) is 31.5. The maximum absolute atomic E-state index is 10.3. The molecule has 0 saturated carbocycles. The van der Waals surface area contributed by atoms with E-state index in [9.17, 15) is 9.90 Å². The van der Waals surface area contributed by atoms with Crippen LogP contribution in [-0.2, 0) is 22.5 Å². The van der Waals surface area contributed by atoms with Gasteiger partial charge in [0.15, 0.2) is 0 Å². The third-order valence-corrected chi connectivity index (χ3v) is 5.99. The van der Waals surface area contributed by atoms with Crippen molar-refractivity contribution in [1.82, 2.24) is 19.9 Å². The number of pyridine rings is 4. The number of halogens is 1. The fourth-order valence-corrected chi connectivity index (χ4v) is 4.11. The number of aromatic carboxylic acids is 1. The van der Waals surface area contributed by atoms with Gasteiger partial charge >= 0.3 is 17.1 Å². The number of carboxylic acids is 1. The van der Waals surface area contributed by atoms with Gasteiger partial charge in [0.1, 0.15) is 5.75 Å². The van der Waals surface area contributed by atoms with Crippen LogP contribution >= 0.6 is 0 Å². The van der Waals surface area contributed by atoms with Crippen LogP contribution in [0.15, 0.2) is 122 Å². The number of aromatic nitrogens is 4. The molecule has 4 aromatic heterocycles. The van der Waals surface area contributed by atoms with Crippen molar-refractivity contribution in [2.75, 3.05) is 7.11 Å². The number of fused-ring (bicyclic) bond motifs is 6. The maximum atomic E-state index is 10.3. The van der Waals surface area contributed by atoms with Gasteiger partial charge < -0.3 is 20.1 Å². The molecule has 4 heterocycles. The number of carbonyl (C=O) groups is 1. The fraction of sp³-hybridized carbons (Fsp3) is 0.0312. The molecule has 0 aliphatic carbocycles. The summed E-state index contributed by atoms with van der Waals surface area (Å²) in [5.74, 6) is -0.671. The Hall–Kier alpha value is -4.82. The Labute approximate surface area is 275 Å². The van der Waals surface area contributed by atoms with Gasteiger partial charge in [0.05, 0.1) is 35.1 Å². The molecule has 0 atom stereocenters. The molecule has 0 amide bonds. The molecular formula is C32H26ClMnN4O8+. The van der Waals surface area contributed by atoms with E-state index in [-0.39, 0.29) is 28.1 Å². The zero-order valence-corrected chi connectivity index (χ0v) is 26.0. The SMILES string of the molecule is COc1cccc(C(=O)[O-])c1.[Mn+2].[O-][Cl+3]([O-])([O-])[O-].[OH3+].c1cnc2c(c1)ccc1cccnc12.c1cnc2c(c1)ccc1cccnc12. The van der Waals surface area contributed by atoms with Crippen LogP contribution in [-0.4, -0.2) is 33.0 Å². The molecule has 3 N–H and O–H groups in total. The van der Waals surface area contributed by atoms with E-state index >= 15 is 0 Å². The number of carbonyl (C=O) groups excluding carboxylic acids is 1. The number of rotatable bonds is 2. The topological polar surface area (TPSA) is 226 Å². The van der Waals surface area contributed by atoms with Gasteiger partial charge in [0, 0.05) is 51.9 Å². The van der Waals surface area contributed by atoms with E-state index in [0.717, 1.165) is 43.6 Å². The summed E-state index contributed by atoms with van der Waals surface area (Å²) < 4.78 is 38.8. The molecule has 0 aliphatic heterocycles. The largest absolute Gasteiger partial charge is 2.00 e. The smallest absolute Gasteiger partial charge is 0.545 e. The molecule has 12 nitrogen and oxygen atoms in total. The molecular weight excluding hydrogens is 659 g/mol. The molecule has 14 heteroatoms. The van der Waals surface area contributed by atoms with E-state index in [1.807, 2.05) is 24.3 Å². The quantitative estimate of drug-likeness (QED) is 0.133. The van der Waals surface area contributed by atoms with Gasteiger partial charge in [-0.15, -0.1) is 10.2 Å². The molecule has 46 heavy (non-hydrogen) atoms. The van der Waals surface area contributed by atoms with Crippen LogP contribution in [0.2, 0.25) is 0 Å². The predicted molar refractivity (Wildman–Crippen MR) is 156 cm³/mol. The number of methoxy groups -OCH3 is 1. The average Bonchev–Trinajstić information content (AvgIpc) is 3.04. The molecule has 7 aromatic rings. The number of benzene rings is 3. The van der Waals surface area contributed by atoms with E-state index in [1.165, 1.54) is 19.2 Å². The van der Waals surface area contributed by atoms with E-state index in [2.05, 4.69) is 68.5 Å². The van der Waals surface area contributed by atoms with Gasteiger partial charge in [0.2, 0.25) is 0 Å². The summed E-state index contributed by atoms with van der Waals surface area (Å²) in [4.78, 5) is 27.7. The monoisotopic (exact) mass is 684 g/mol. The summed E-state index contributed by atoms with van der Waals surface area (Å²) in [6, 6.07) is 30.4. The summed E-state index contributed by atoms with van der Waals surface area (Å²) >= 11 is 0. The minimum absolute atomic E-state index is 0. The van der Waals surface area contributed by atoms with Crippen molar-refractivity contribution in [3.63, 3.8) is 0 Å². The first kappa shape index (κ1) is 37.4. The fourth-order valence-electron chi connectivity index (χ4n) is 4.11. The minimum atomic E-state index is -4.94. The van der Waals surface area contributed by atoms with Crippen molar-refractivity contribution in [2.45, 2.75) is 0 Å². The summed E-state index contributed by atoms with van der Waals surface area (Å²) in [6.07, 6.45) is 7.21. The predicted octanol–water partition coefficient (Wildman–Crippen LogP) is -0.0557. The Balaban J connectivity index is 0.000000221. The van der Waals surface area contributed by atoms with Gasteiger partial charge in [-0.2, -0.15) is 0 Å². The Morgan fingerprint density at radius 2 is 0.913 bits per heavy atom. The molecule has 0 aliphatic rings. The molecule has 0 spiro atoms. The second-order valence-corrected chi connectivity index (χ2v) is 9.58. The van der Waals surface area contributed by atoms with Crippen molar-refractivity contribution >= 4 is 49.6 Å². The van der Waals surface area contributed by atoms with Crippen LogP contribution in [0.3, 0.4) is 0 Å². The first-order chi connectivity index (χ1) is 21.1. The Morgan fingerprint density at radius 1 is 0.587 bits per heavy atom. The van der Waals surface area contributed by atoms with E-state index in [0.29, 0.717) is 5.75 Å². The van der Waals surface area contributed by atoms with E-state index < -0.39 is 16.2 Å². The van der Waals surface area contributed by atoms with Gasteiger partial charge in [-0.3, -0.25) is 19.9 Å². The molecule has 0 saturated heterocycles. The summed E-state index contributed by atoms with van der Waals surface area (Å²) in [7, 11) is -3.46. The number of ether oxygens (including phenoxy) is 1. The normalized spacial score (nSPS) is 10.1. The standard InChI is InChI=1S/2C12H8N2.C8H8O3.ClHO4.Mn.H2O/c2*1-3-9-5-6-10-4-2-8-14-12(10)11(9)13-7-1;1-11-7-4-2-3-6(5-7)8(9)10;2-1(3,4)5;;/h2*1-8H;2-5H,1H3,(H,9,10);(H,2,3,4,5);;1H2/q;;;;+2;/p-1. The van der Waals surface area contributed by atoms with Crippen LogP contribution in [0.4, 0.5) is 0 Å². The first-order valence-corrected chi connectivity index (χ1v) is 14.0. The van der Waals surface area contributed by atoms with Crippen LogP contribution in [0.1, 0.15) is 10.4 Å². The molecule has 0 bridgehead atoms. The summed E-state index contributed by atoms with van der Waals surface area (Å²) in [6.45, 7) is 0. The minimum Gasteiger partial charge on any atom is -0.545 e. The second kappa shape index (κ2) is 17.6. The van der Waals surface area contributed by atoms with Gasteiger partial charge in [0.25, 0.3) is 0 Å². The van der Waals surface area contributed by atoms with Crippen molar-refractivity contribution in [3.05, 3.63) is 127 Å². The van der Waals surface area contributed by atoms with Crippen LogP contribution in [0, 0.1) is 10.2 Å². The Morgan fingerprint density at radius 3 is 1.20 bits per heavy atom. The second-order valence-electron chi connectivity index (χ2n) is 8.83. The van der Waals surface area contributed by atoms with Gasteiger partial charge in [-0.1, -0.05) is 60.7 Å². The van der Waals surface area contributed by atoms with Crippen molar-refractivity contribution in [2.24, 2.45) is 0 Å². The van der Waals surface area contributed by atoms with Crippen molar-refractivity contribution in [3.8, 4) is 5.75 Å². The van der Waals surface area contributed by atoms with Crippen LogP contribution in [0.5, 0.6) is 5.75 Å². The Bertz CT molecular complexity index is 1800. The number of hydrogen-bond acceptors (Lipinski definition) is 11.